The zero-order chi connectivity index (χ0) is 8.72. The van der Waals surface area contributed by atoms with Crippen LogP contribution in [0.2, 0.25) is 5.02 Å². The van der Waals surface area contributed by atoms with Crippen molar-refractivity contribution in [3.63, 3.8) is 0 Å². The largest absolute Gasteiger partial charge is 0.336 e. The summed E-state index contributed by atoms with van der Waals surface area (Å²) in [4.78, 5) is 4.28. The van der Waals surface area contributed by atoms with Gasteiger partial charge in [-0.1, -0.05) is 11.6 Å². The Kier molecular flexibility index (Phi) is 1.58. The fourth-order valence-electron chi connectivity index (χ4n) is 1.28. The third-order valence-corrected chi connectivity index (χ3v) is 2.50. The van der Waals surface area contributed by atoms with Gasteiger partial charge in [0.05, 0.1) is 5.02 Å². The summed E-state index contributed by atoms with van der Waals surface area (Å²) in [6.45, 7) is 1.96. The van der Waals surface area contributed by atoms with Gasteiger partial charge in [-0.25, -0.2) is 4.98 Å². The van der Waals surface area contributed by atoms with Gasteiger partial charge in [0.1, 0.15) is 5.65 Å². The highest BCUT2D eigenvalue weighted by molar-refractivity contribution is 6.35. The molecule has 3 heteroatoms. The number of halogens is 1. The summed E-state index contributed by atoms with van der Waals surface area (Å²) in [7, 11) is 1.96. The van der Waals surface area contributed by atoms with Crippen molar-refractivity contribution in [2.75, 3.05) is 0 Å². The quantitative estimate of drug-likeness (QED) is 0.609. The van der Waals surface area contributed by atoms with Gasteiger partial charge >= 0.3 is 0 Å². The molecular weight excluding hydrogens is 172 g/mol. The third-order valence-electron chi connectivity index (χ3n) is 2.00. The van der Waals surface area contributed by atoms with Gasteiger partial charge in [0.15, 0.2) is 0 Å². The minimum atomic E-state index is 0.806. The van der Waals surface area contributed by atoms with Crippen LogP contribution >= 0.6 is 11.6 Å². The second-order valence-electron chi connectivity index (χ2n) is 2.92. The molecule has 0 radical (unpaired) electrons. The van der Waals surface area contributed by atoms with E-state index < -0.39 is 0 Å². The highest BCUT2D eigenvalue weighted by atomic mass is 35.5. The standard InChI is InChI=1S/C9H9ClN2/c1-6-5-11-9-7(8(6)10)3-4-12(9)2/h3-5H,1-2H3. The SMILES string of the molecule is Cc1cnc2c(ccn2C)c1Cl. The van der Waals surface area contributed by atoms with Gasteiger partial charge in [-0.2, -0.15) is 0 Å². The Morgan fingerprint density at radius 2 is 2.25 bits per heavy atom. The summed E-state index contributed by atoms with van der Waals surface area (Å²) in [5, 5.41) is 1.83. The van der Waals surface area contributed by atoms with Gasteiger partial charge in [0.2, 0.25) is 0 Å². The Morgan fingerprint density at radius 3 is 3.00 bits per heavy atom. The molecule has 0 atom stereocenters. The van der Waals surface area contributed by atoms with Crippen LogP contribution in [0.15, 0.2) is 18.5 Å². The summed E-state index contributed by atoms with van der Waals surface area (Å²) in [5.41, 5.74) is 1.96. The van der Waals surface area contributed by atoms with Gasteiger partial charge in [-0.05, 0) is 18.6 Å². The van der Waals surface area contributed by atoms with Crippen molar-refractivity contribution >= 4 is 22.6 Å². The molecule has 0 saturated heterocycles. The number of nitrogens with zero attached hydrogens (tertiary/aromatic N) is 2. The van der Waals surface area contributed by atoms with Gasteiger partial charge < -0.3 is 4.57 Å². The molecule has 12 heavy (non-hydrogen) atoms. The zero-order valence-corrected chi connectivity index (χ0v) is 7.76. The van der Waals surface area contributed by atoms with E-state index in [0.717, 1.165) is 21.6 Å². The van der Waals surface area contributed by atoms with Gasteiger partial charge in [0.25, 0.3) is 0 Å². The lowest BCUT2D eigenvalue weighted by atomic mass is 10.2. The van der Waals surface area contributed by atoms with Crippen LogP contribution in [0.1, 0.15) is 5.56 Å². The van der Waals surface area contributed by atoms with Crippen molar-refractivity contribution in [2.24, 2.45) is 7.05 Å². The van der Waals surface area contributed by atoms with Crippen molar-refractivity contribution in [2.45, 2.75) is 6.92 Å². The van der Waals surface area contributed by atoms with E-state index in [9.17, 15) is 0 Å². The number of fused-ring (bicyclic) bond motifs is 1. The maximum atomic E-state index is 6.09. The molecule has 0 aliphatic rings. The first-order valence-corrected chi connectivity index (χ1v) is 4.14. The minimum absolute atomic E-state index is 0.806. The first-order chi connectivity index (χ1) is 5.70. The number of hydrogen-bond donors (Lipinski definition) is 0. The summed E-state index contributed by atoms with van der Waals surface area (Å²) in [6, 6.07) is 1.98. The van der Waals surface area contributed by atoms with E-state index in [4.69, 9.17) is 11.6 Å². The molecular formula is C9H9ClN2. The lowest BCUT2D eigenvalue weighted by Gasteiger charge is -1.99. The van der Waals surface area contributed by atoms with Gasteiger partial charge in [-0.15, -0.1) is 0 Å². The summed E-state index contributed by atoms with van der Waals surface area (Å²) >= 11 is 6.09. The van der Waals surface area contributed by atoms with E-state index >= 15 is 0 Å². The molecule has 0 aromatic carbocycles. The monoisotopic (exact) mass is 180 g/mol. The van der Waals surface area contributed by atoms with Crippen LogP contribution in [-0.2, 0) is 7.05 Å². The van der Waals surface area contributed by atoms with E-state index in [2.05, 4.69) is 4.98 Å². The predicted octanol–water partition coefficient (Wildman–Crippen LogP) is 2.54. The average Bonchev–Trinajstić information content (AvgIpc) is 2.41. The molecule has 0 unspecified atom stereocenters. The van der Waals surface area contributed by atoms with Crippen LogP contribution in [-0.4, -0.2) is 9.55 Å². The van der Waals surface area contributed by atoms with Gasteiger partial charge in [-0.3, -0.25) is 0 Å². The van der Waals surface area contributed by atoms with E-state index in [1.807, 2.05) is 30.8 Å². The minimum Gasteiger partial charge on any atom is -0.336 e. The molecule has 0 bridgehead atoms. The van der Waals surface area contributed by atoms with Crippen LogP contribution in [0.3, 0.4) is 0 Å². The molecule has 0 N–H and O–H groups in total. The molecule has 62 valence electrons. The Bertz CT molecular complexity index is 431. The Morgan fingerprint density at radius 1 is 1.50 bits per heavy atom. The summed E-state index contributed by atoms with van der Waals surface area (Å²) < 4.78 is 1.96. The molecule has 2 aromatic rings. The van der Waals surface area contributed by atoms with Crippen molar-refractivity contribution in [3.8, 4) is 0 Å². The van der Waals surface area contributed by atoms with E-state index in [1.165, 1.54) is 0 Å². The van der Waals surface area contributed by atoms with E-state index in [-0.39, 0.29) is 0 Å². The lowest BCUT2D eigenvalue weighted by molar-refractivity contribution is 0.947. The normalized spacial score (nSPS) is 10.9. The molecule has 2 aromatic heterocycles. The second-order valence-corrected chi connectivity index (χ2v) is 3.30. The van der Waals surface area contributed by atoms with Crippen LogP contribution in [0.25, 0.3) is 11.0 Å². The van der Waals surface area contributed by atoms with E-state index in [1.54, 1.807) is 6.20 Å². The van der Waals surface area contributed by atoms with Crippen LogP contribution in [0.4, 0.5) is 0 Å². The lowest BCUT2D eigenvalue weighted by Crippen LogP contribution is -1.88. The fraction of sp³-hybridized carbons (Fsp3) is 0.222. The highest BCUT2D eigenvalue weighted by Crippen LogP contribution is 2.24. The van der Waals surface area contributed by atoms with Crippen molar-refractivity contribution < 1.29 is 0 Å². The third kappa shape index (κ3) is 0.916. The number of aryl methyl sites for hydroxylation is 2. The molecule has 0 fully saturated rings. The second kappa shape index (κ2) is 2.49. The maximum absolute atomic E-state index is 6.09. The van der Waals surface area contributed by atoms with Crippen molar-refractivity contribution in [1.82, 2.24) is 9.55 Å². The smallest absolute Gasteiger partial charge is 0.141 e. The first kappa shape index (κ1) is 7.62. The molecule has 2 heterocycles. The number of rotatable bonds is 0. The topological polar surface area (TPSA) is 17.8 Å². The van der Waals surface area contributed by atoms with Crippen molar-refractivity contribution in [1.29, 1.82) is 0 Å². The summed E-state index contributed by atoms with van der Waals surface area (Å²) in [6.07, 6.45) is 3.76. The molecule has 0 spiro atoms. The first-order valence-electron chi connectivity index (χ1n) is 3.76. The van der Waals surface area contributed by atoms with E-state index in [0.29, 0.717) is 0 Å². The molecule has 2 rings (SSSR count). The Labute approximate surface area is 75.8 Å². The van der Waals surface area contributed by atoms with Crippen LogP contribution < -0.4 is 0 Å². The number of hydrogen-bond acceptors (Lipinski definition) is 1. The summed E-state index contributed by atoms with van der Waals surface area (Å²) in [5.74, 6) is 0. The zero-order valence-electron chi connectivity index (χ0n) is 7.00. The Balaban J connectivity index is 2.93. The molecule has 2 nitrogen and oxygen atoms in total. The molecule has 0 amide bonds. The number of aromatic nitrogens is 2. The average molecular weight is 181 g/mol. The van der Waals surface area contributed by atoms with Crippen LogP contribution in [0.5, 0.6) is 0 Å². The molecule has 0 aliphatic carbocycles. The Hall–Kier alpha value is -1.02. The highest BCUT2D eigenvalue weighted by Gasteiger charge is 2.05. The molecule has 0 aliphatic heterocycles. The predicted molar refractivity (Wildman–Crippen MR) is 50.5 cm³/mol. The molecule has 0 saturated carbocycles. The number of pyridine rings is 1. The maximum Gasteiger partial charge on any atom is 0.141 e. The van der Waals surface area contributed by atoms with Crippen molar-refractivity contribution in [3.05, 3.63) is 29.0 Å². The van der Waals surface area contributed by atoms with Crippen LogP contribution in [0, 0.1) is 6.92 Å². The fourth-order valence-corrected chi connectivity index (χ4v) is 1.48. The van der Waals surface area contributed by atoms with Gasteiger partial charge in [0, 0.05) is 24.8 Å².